The maximum absolute atomic E-state index is 11.6. The van der Waals surface area contributed by atoms with E-state index in [0.717, 1.165) is 24.9 Å². The van der Waals surface area contributed by atoms with Crippen molar-refractivity contribution < 1.29 is 14.3 Å². The third-order valence-electron chi connectivity index (χ3n) is 2.99. The Hall–Kier alpha value is -1.75. The average molecular weight is 278 g/mol. The van der Waals surface area contributed by atoms with Gasteiger partial charge in [0.05, 0.1) is 6.61 Å². The summed E-state index contributed by atoms with van der Waals surface area (Å²) in [7, 11) is 1.90. The Morgan fingerprint density at radius 3 is 2.75 bits per heavy atom. The van der Waals surface area contributed by atoms with Crippen LogP contribution in [0.2, 0.25) is 0 Å². The van der Waals surface area contributed by atoms with E-state index in [2.05, 4.69) is 10.6 Å². The SMILES string of the molecule is CCOc1cc(CNC)ccc1OCC(=O)NC1CC1. The molecule has 0 aromatic heterocycles. The molecule has 0 radical (unpaired) electrons. The molecule has 1 amide bonds. The number of amides is 1. The van der Waals surface area contributed by atoms with Gasteiger partial charge >= 0.3 is 0 Å². The van der Waals surface area contributed by atoms with Crippen LogP contribution < -0.4 is 20.1 Å². The summed E-state index contributed by atoms with van der Waals surface area (Å²) in [6.07, 6.45) is 2.16. The Bertz CT molecular complexity index is 458. The molecule has 1 aromatic rings. The number of carbonyl (C=O) groups is 1. The van der Waals surface area contributed by atoms with Gasteiger partial charge in [-0.2, -0.15) is 0 Å². The first-order valence-electron chi connectivity index (χ1n) is 7.05. The fourth-order valence-corrected chi connectivity index (χ4v) is 1.89. The number of nitrogens with one attached hydrogen (secondary N) is 2. The van der Waals surface area contributed by atoms with Crippen LogP contribution in [0.3, 0.4) is 0 Å². The fraction of sp³-hybridized carbons (Fsp3) is 0.533. The molecule has 5 heteroatoms. The van der Waals surface area contributed by atoms with Gasteiger partial charge in [0.2, 0.25) is 0 Å². The van der Waals surface area contributed by atoms with E-state index >= 15 is 0 Å². The zero-order valence-electron chi connectivity index (χ0n) is 12.1. The second-order valence-corrected chi connectivity index (χ2v) is 4.87. The number of hydrogen-bond acceptors (Lipinski definition) is 4. The van der Waals surface area contributed by atoms with Gasteiger partial charge in [0, 0.05) is 12.6 Å². The molecule has 0 atom stereocenters. The van der Waals surface area contributed by atoms with E-state index < -0.39 is 0 Å². The standard InChI is InChI=1S/C15H22N2O3/c1-3-19-14-8-11(9-16-2)4-7-13(14)20-10-15(18)17-12-5-6-12/h4,7-8,12,16H,3,5-6,9-10H2,1-2H3,(H,17,18). The predicted octanol–water partition coefficient (Wildman–Crippen LogP) is 1.46. The lowest BCUT2D eigenvalue weighted by Gasteiger charge is -2.13. The third-order valence-corrected chi connectivity index (χ3v) is 2.99. The first kappa shape index (κ1) is 14.7. The summed E-state index contributed by atoms with van der Waals surface area (Å²) < 4.78 is 11.1. The van der Waals surface area contributed by atoms with Crippen LogP contribution in [0.1, 0.15) is 25.3 Å². The normalized spacial score (nSPS) is 13.9. The molecule has 1 saturated carbocycles. The van der Waals surface area contributed by atoms with Crippen molar-refractivity contribution in [3.63, 3.8) is 0 Å². The highest BCUT2D eigenvalue weighted by Crippen LogP contribution is 2.28. The van der Waals surface area contributed by atoms with Crippen molar-refractivity contribution in [3.05, 3.63) is 23.8 Å². The molecular formula is C15H22N2O3. The van der Waals surface area contributed by atoms with Gasteiger partial charge in [-0.15, -0.1) is 0 Å². The van der Waals surface area contributed by atoms with E-state index in [-0.39, 0.29) is 12.5 Å². The quantitative estimate of drug-likeness (QED) is 0.756. The van der Waals surface area contributed by atoms with Crippen LogP contribution in [0.4, 0.5) is 0 Å². The number of hydrogen-bond donors (Lipinski definition) is 2. The van der Waals surface area contributed by atoms with Crippen molar-refractivity contribution in [1.82, 2.24) is 10.6 Å². The third kappa shape index (κ3) is 4.42. The summed E-state index contributed by atoms with van der Waals surface area (Å²) >= 11 is 0. The molecule has 5 nitrogen and oxygen atoms in total. The molecule has 1 aliphatic rings. The van der Waals surface area contributed by atoms with Crippen molar-refractivity contribution in [2.75, 3.05) is 20.3 Å². The Morgan fingerprint density at radius 1 is 1.30 bits per heavy atom. The van der Waals surface area contributed by atoms with E-state index in [0.29, 0.717) is 24.1 Å². The second kappa shape index (κ2) is 7.14. The van der Waals surface area contributed by atoms with Crippen molar-refractivity contribution in [1.29, 1.82) is 0 Å². The summed E-state index contributed by atoms with van der Waals surface area (Å²) in [5, 5.41) is 5.98. The zero-order valence-corrected chi connectivity index (χ0v) is 12.1. The summed E-state index contributed by atoms with van der Waals surface area (Å²) in [4.78, 5) is 11.6. The molecule has 1 fully saturated rings. The van der Waals surface area contributed by atoms with E-state index in [1.165, 1.54) is 0 Å². The molecule has 0 spiro atoms. The van der Waals surface area contributed by atoms with Crippen LogP contribution in [0.15, 0.2) is 18.2 Å². The monoisotopic (exact) mass is 278 g/mol. The zero-order chi connectivity index (χ0) is 14.4. The van der Waals surface area contributed by atoms with Gasteiger partial charge in [-0.05, 0) is 44.5 Å². The highest BCUT2D eigenvalue weighted by Gasteiger charge is 2.23. The molecule has 1 aromatic carbocycles. The van der Waals surface area contributed by atoms with E-state index in [1.54, 1.807) is 0 Å². The highest BCUT2D eigenvalue weighted by atomic mass is 16.5. The van der Waals surface area contributed by atoms with E-state index in [9.17, 15) is 4.79 Å². The van der Waals surface area contributed by atoms with Crippen LogP contribution in [0, 0.1) is 0 Å². The summed E-state index contributed by atoms with van der Waals surface area (Å²) in [6.45, 7) is 3.28. The van der Waals surface area contributed by atoms with Crippen molar-refractivity contribution >= 4 is 5.91 Å². The topological polar surface area (TPSA) is 59.6 Å². The maximum Gasteiger partial charge on any atom is 0.258 e. The lowest BCUT2D eigenvalue weighted by atomic mass is 10.2. The Morgan fingerprint density at radius 2 is 2.10 bits per heavy atom. The molecule has 2 rings (SSSR count). The summed E-state index contributed by atoms with van der Waals surface area (Å²) in [5.74, 6) is 1.21. The summed E-state index contributed by atoms with van der Waals surface area (Å²) in [5.41, 5.74) is 1.12. The minimum atomic E-state index is -0.0748. The van der Waals surface area contributed by atoms with Crippen molar-refractivity contribution in [3.8, 4) is 11.5 Å². The molecule has 0 saturated heterocycles. The summed E-state index contributed by atoms with van der Waals surface area (Å²) in [6, 6.07) is 6.11. The number of carbonyl (C=O) groups excluding carboxylic acids is 1. The fourth-order valence-electron chi connectivity index (χ4n) is 1.89. The number of benzene rings is 1. The highest BCUT2D eigenvalue weighted by molar-refractivity contribution is 5.78. The van der Waals surface area contributed by atoms with Gasteiger partial charge in [-0.1, -0.05) is 6.07 Å². The smallest absolute Gasteiger partial charge is 0.258 e. The molecule has 0 aliphatic heterocycles. The van der Waals surface area contributed by atoms with E-state index in [1.807, 2.05) is 32.2 Å². The van der Waals surface area contributed by atoms with Gasteiger partial charge in [-0.25, -0.2) is 0 Å². The van der Waals surface area contributed by atoms with Crippen LogP contribution in [0.25, 0.3) is 0 Å². The van der Waals surface area contributed by atoms with Gasteiger partial charge < -0.3 is 20.1 Å². The van der Waals surface area contributed by atoms with Crippen molar-refractivity contribution in [2.45, 2.75) is 32.4 Å². The van der Waals surface area contributed by atoms with Gasteiger partial charge in [-0.3, -0.25) is 4.79 Å². The first-order chi connectivity index (χ1) is 9.72. The minimum absolute atomic E-state index is 0.0297. The average Bonchev–Trinajstić information content (AvgIpc) is 3.22. The van der Waals surface area contributed by atoms with Crippen LogP contribution in [-0.4, -0.2) is 32.2 Å². The lowest BCUT2D eigenvalue weighted by Crippen LogP contribution is -2.30. The Kier molecular flexibility index (Phi) is 5.24. The molecular weight excluding hydrogens is 256 g/mol. The molecule has 2 N–H and O–H groups in total. The lowest BCUT2D eigenvalue weighted by molar-refractivity contribution is -0.123. The first-order valence-corrected chi connectivity index (χ1v) is 7.05. The number of ether oxygens (including phenoxy) is 2. The maximum atomic E-state index is 11.6. The Labute approximate surface area is 119 Å². The molecule has 1 aliphatic carbocycles. The van der Waals surface area contributed by atoms with Crippen LogP contribution in [0.5, 0.6) is 11.5 Å². The number of rotatable bonds is 8. The molecule has 0 heterocycles. The minimum Gasteiger partial charge on any atom is -0.490 e. The van der Waals surface area contributed by atoms with Gasteiger partial charge in [0.15, 0.2) is 18.1 Å². The molecule has 0 unspecified atom stereocenters. The largest absolute Gasteiger partial charge is 0.490 e. The van der Waals surface area contributed by atoms with E-state index in [4.69, 9.17) is 9.47 Å². The van der Waals surface area contributed by atoms with Crippen LogP contribution in [-0.2, 0) is 11.3 Å². The Balaban J connectivity index is 1.95. The second-order valence-electron chi connectivity index (χ2n) is 4.87. The van der Waals surface area contributed by atoms with Crippen molar-refractivity contribution in [2.24, 2.45) is 0 Å². The van der Waals surface area contributed by atoms with Gasteiger partial charge in [0.1, 0.15) is 0 Å². The van der Waals surface area contributed by atoms with Gasteiger partial charge in [0.25, 0.3) is 5.91 Å². The molecule has 110 valence electrons. The van der Waals surface area contributed by atoms with Crippen LogP contribution >= 0.6 is 0 Å². The predicted molar refractivity (Wildman–Crippen MR) is 77.0 cm³/mol. The molecule has 0 bridgehead atoms. The molecule has 20 heavy (non-hydrogen) atoms.